The Balaban J connectivity index is 1.97. The standard InChI is InChI=1S/C26H30N2O6/c1-5-25(2,3)26(17-12-9-13-19(29)21(17)28-24(26)33)15-18(23(32)34-4)27-22(31)20(30)14-16-10-7-6-8-11-16/h5-13,18,20,29-30H,1,14-15H2,2-4H3,(H,27,31)(H,28,33). The van der Waals surface area contributed by atoms with Gasteiger partial charge < -0.3 is 25.6 Å². The molecule has 0 radical (unpaired) electrons. The van der Waals surface area contributed by atoms with Crippen LogP contribution in [-0.2, 0) is 31.0 Å². The number of benzene rings is 2. The van der Waals surface area contributed by atoms with Crippen molar-refractivity contribution in [2.75, 3.05) is 12.4 Å². The summed E-state index contributed by atoms with van der Waals surface area (Å²) < 4.78 is 4.92. The van der Waals surface area contributed by atoms with Gasteiger partial charge in [-0.3, -0.25) is 9.59 Å². The number of aromatic hydroxyl groups is 1. The molecule has 0 saturated heterocycles. The molecule has 2 aromatic rings. The Morgan fingerprint density at radius 3 is 2.50 bits per heavy atom. The van der Waals surface area contributed by atoms with Crippen LogP contribution >= 0.6 is 0 Å². The second kappa shape index (κ2) is 9.69. The number of carbonyl (C=O) groups is 3. The predicted octanol–water partition coefficient (Wildman–Crippen LogP) is 2.45. The maximum Gasteiger partial charge on any atom is 0.328 e. The van der Waals surface area contributed by atoms with Gasteiger partial charge in [0.25, 0.3) is 0 Å². The molecule has 0 aromatic heterocycles. The number of hydrogen-bond acceptors (Lipinski definition) is 6. The number of rotatable bonds is 9. The van der Waals surface area contributed by atoms with Crippen molar-refractivity contribution in [1.29, 1.82) is 0 Å². The zero-order chi connectivity index (χ0) is 25.1. The van der Waals surface area contributed by atoms with Crippen LogP contribution in [0.15, 0.2) is 61.2 Å². The molecule has 1 aliphatic rings. The Bertz CT molecular complexity index is 1100. The van der Waals surface area contributed by atoms with Crippen molar-refractivity contribution in [2.45, 2.75) is 44.2 Å². The average Bonchev–Trinajstić information content (AvgIpc) is 3.12. The van der Waals surface area contributed by atoms with E-state index in [4.69, 9.17) is 4.74 Å². The molecule has 2 aromatic carbocycles. The van der Waals surface area contributed by atoms with Crippen LogP contribution in [0.2, 0.25) is 0 Å². The topological polar surface area (TPSA) is 125 Å². The number of esters is 1. The van der Waals surface area contributed by atoms with Crippen LogP contribution in [0.25, 0.3) is 0 Å². The molecule has 3 rings (SSSR count). The number of hydrogen-bond donors (Lipinski definition) is 4. The minimum absolute atomic E-state index is 0.0566. The summed E-state index contributed by atoms with van der Waals surface area (Å²) in [7, 11) is 1.18. The van der Waals surface area contributed by atoms with Crippen molar-refractivity contribution in [3.63, 3.8) is 0 Å². The van der Waals surface area contributed by atoms with Crippen molar-refractivity contribution < 1.29 is 29.3 Å². The monoisotopic (exact) mass is 466 g/mol. The van der Waals surface area contributed by atoms with Crippen LogP contribution in [0, 0.1) is 5.41 Å². The first kappa shape index (κ1) is 25.0. The summed E-state index contributed by atoms with van der Waals surface area (Å²) in [5.74, 6) is -2.08. The van der Waals surface area contributed by atoms with E-state index in [0.717, 1.165) is 5.56 Å². The summed E-state index contributed by atoms with van der Waals surface area (Å²) in [6.07, 6.45) is 0.0736. The molecule has 0 bridgehead atoms. The smallest absolute Gasteiger partial charge is 0.328 e. The highest BCUT2D eigenvalue weighted by molar-refractivity contribution is 6.09. The Morgan fingerprint density at radius 2 is 1.88 bits per heavy atom. The Kier molecular flexibility index (Phi) is 7.12. The highest BCUT2D eigenvalue weighted by Gasteiger charge is 2.57. The third kappa shape index (κ3) is 4.41. The molecule has 0 fully saturated rings. The number of amides is 2. The quantitative estimate of drug-likeness (QED) is 0.256. The van der Waals surface area contributed by atoms with E-state index in [2.05, 4.69) is 17.2 Å². The number of methoxy groups -OCH3 is 1. The second-order valence-corrected chi connectivity index (χ2v) is 8.98. The van der Waals surface area contributed by atoms with Crippen LogP contribution in [0.5, 0.6) is 5.75 Å². The molecule has 4 N–H and O–H groups in total. The SMILES string of the molecule is C=CC(C)(C)C1(CC(NC(=O)C(O)Cc2ccccc2)C(=O)OC)C(=O)Nc2c(O)cccc21. The number of allylic oxidation sites excluding steroid dienone is 1. The molecule has 2 amide bonds. The van der Waals surface area contributed by atoms with Gasteiger partial charge in [-0.05, 0) is 23.6 Å². The van der Waals surface area contributed by atoms with Gasteiger partial charge in [0, 0.05) is 11.8 Å². The van der Waals surface area contributed by atoms with Gasteiger partial charge >= 0.3 is 5.97 Å². The lowest BCUT2D eigenvalue weighted by atomic mass is 9.59. The van der Waals surface area contributed by atoms with Crippen molar-refractivity contribution >= 4 is 23.5 Å². The molecule has 8 nitrogen and oxygen atoms in total. The molecule has 0 aliphatic carbocycles. The van der Waals surface area contributed by atoms with E-state index in [1.807, 2.05) is 6.07 Å². The van der Waals surface area contributed by atoms with Crippen LogP contribution < -0.4 is 10.6 Å². The first-order valence-electron chi connectivity index (χ1n) is 10.9. The fourth-order valence-corrected chi connectivity index (χ4v) is 4.49. The van der Waals surface area contributed by atoms with Crippen LogP contribution in [0.4, 0.5) is 5.69 Å². The molecule has 1 heterocycles. The van der Waals surface area contributed by atoms with Crippen LogP contribution in [0.1, 0.15) is 31.4 Å². The van der Waals surface area contributed by atoms with Gasteiger partial charge in [-0.1, -0.05) is 62.4 Å². The zero-order valence-corrected chi connectivity index (χ0v) is 19.5. The van der Waals surface area contributed by atoms with E-state index >= 15 is 0 Å². The number of phenolic OH excluding ortho intramolecular Hbond substituents is 1. The summed E-state index contributed by atoms with van der Waals surface area (Å²) in [6, 6.07) is 12.5. The fraction of sp³-hybridized carbons (Fsp3) is 0.346. The van der Waals surface area contributed by atoms with Gasteiger partial charge in [0.1, 0.15) is 17.9 Å². The van der Waals surface area contributed by atoms with Gasteiger partial charge in [-0.2, -0.15) is 0 Å². The van der Waals surface area contributed by atoms with E-state index in [1.165, 1.54) is 13.2 Å². The van der Waals surface area contributed by atoms with E-state index < -0.39 is 40.8 Å². The number of anilines is 1. The summed E-state index contributed by atoms with van der Waals surface area (Å²) >= 11 is 0. The second-order valence-electron chi connectivity index (χ2n) is 8.98. The van der Waals surface area contributed by atoms with Crippen molar-refractivity contribution in [3.8, 4) is 5.75 Å². The molecular formula is C26H30N2O6. The maximum atomic E-state index is 13.4. The maximum absolute atomic E-state index is 13.4. The molecule has 3 unspecified atom stereocenters. The number of fused-ring (bicyclic) bond motifs is 1. The molecular weight excluding hydrogens is 436 g/mol. The summed E-state index contributed by atoms with van der Waals surface area (Å²) in [5, 5.41) is 26.1. The van der Waals surface area contributed by atoms with E-state index in [-0.39, 0.29) is 24.3 Å². The van der Waals surface area contributed by atoms with Crippen molar-refractivity contribution in [3.05, 3.63) is 72.3 Å². The van der Waals surface area contributed by atoms with Crippen LogP contribution in [0.3, 0.4) is 0 Å². The minimum Gasteiger partial charge on any atom is -0.506 e. The number of para-hydroxylation sites is 1. The van der Waals surface area contributed by atoms with E-state index in [1.54, 1.807) is 56.3 Å². The number of carbonyl (C=O) groups excluding carboxylic acids is 3. The van der Waals surface area contributed by atoms with E-state index in [0.29, 0.717) is 5.56 Å². The molecule has 0 spiro atoms. The summed E-state index contributed by atoms with van der Waals surface area (Å²) in [4.78, 5) is 39.0. The lowest BCUT2D eigenvalue weighted by molar-refractivity contribution is -0.147. The molecule has 3 atom stereocenters. The predicted molar refractivity (Wildman–Crippen MR) is 127 cm³/mol. The average molecular weight is 467 g/mol. The van der Waals surface area contributed by atoms with Crippen molar-refractivity contribution in [1.82, 2.24) is 5.32 Å². The number of phenols is 1. The molecule has 180 valence electrons. The van der Waals surface area contributed by atoms with Gasteiger partial charge in [0.15, 0.2) is 0 Å². The normalized spacial score (nSPS) is 18.9. The van der Waals surface area contributed by atoms with Crippen LogP contribution in [-0.4, -0.2) is 47.3 Å². The summed E-state index contributed by atoms with van der Waals surface area (Å²) in [5.41, 5.74) is -0.768. The molecule has 34 heavy (non-hydrogen) atoms. The zero-order valence-electron chi connectivity index (χ0n) is 19.5. The first-order chi connectivity index (χ1) is 16.1. The van der Waals surface area contributed by atoms with Gasteiger partial charge in [0.05, 0.1) is 18.2 Å². The minimum atomic E-state index is -1.41. The highest BCUT2D eigenvalue weighted by Crippen LogP contribution is 2.54. The molecule has 0 saturated carbocycles. The number of nitrogens with one attached hydrogen (secondary N) is 2. The van der Waals surface area contributed by atoms with Gasteiger partial charge in [0.2, 0.25) is 11.8 Å². The lowest BCUT2D eigenvalue weighted by Crippen LogP contribution is -2.55. The third-order valence-corrected chi connectivity index (χ3v) is 6.63. The first-order valence-corrected chi connectivity index (χ1v) is 10.9. The highest BCUT2D eigenvalue weighted by atomic mass is 16.5. The largest absolute Gasteiger partial charge is 0.506 e. The van der Waals surface area contributed by atoms with Gasteiger partial charge in [-0.25, -0.2) is 4.79 Å². The van der Waals surface area contributed by atoms with Gasteiger partial charge in [-0.15, -0.1) is 6.58 Å². The number of aliphatic hydroxyl groups is 1. The van der Waals surface area contributed by atoms with E-state index in [9.17, 15) is 24.6 Å². The number of ether oxygens (including phenoxy) is 1. The molecule has 1 aliphatic heterocycles. The Morgan fingerprint density at radius 1 is 1.21 bits per heavy atom. The Hall–Kier alpha value is -3.65. The fourth-order valence-electron chi connectivity index (χ4n) is 4.49. The number of aliphatic hydroxyl groups excluding tert-OH is 1. The Labute approximate surface area is 198 Å². The molecule has 8 heteroatoms. The lowest BCUT2D eigenvalue weighted by Gasteiger charge is -2.42. The summed E-state index contributed by atoms with van der Waals surface area (Å²) in [6.45, 7) is 7.46. The third-order valence-electron chi connectivity index (χ3n) is 6.63. The van der Waals surface area contributed by atoms with Crippen molar-refractivity contribution in [2.24, 2.45) is 5.41 Å².